The molecule has 0 saturated heterocycles. The lowest BCUT2D eigenvalue weighted by atomic mass is 10.0. The predicted octanol–water partition coefficient (Wildman–Crippen LogP) is 3.05. The molecule has 96 valence electrons. The Balaban J connectivity index is 2.83. The lowest BCUT2D eigenvalue weighted by Gasteiger charge is -2.28. The smallest absolute Gasteiger partial charge is 0.142 e. The molecule has 17 heavy (non-hydrogen) atoms. The molecule has 1 rings (SSSR count). The van der Waals surface area contributed by atoms with Gasteiger partial charge in [-0.2, -0.15) is 0 Å². The molecule has 0 aromatic heterocycles. The standard InChI is InChI=1S/C14H23NO2/c1-10(2)17-13-9-7-6-8-12(13)15-11(3)14(4,5)16/h6-11,15-16H,1-5H3. The van der Waals surface area contributed by atoms with E-state index in [1.165, 1.54) is 0 Å². The van der Waals surface area contributed by atoms with Gasteiger partial charge in [-0.15, -0.1) is 0 Å². The van der Waals surface area contributed by atoms with Crippen molar-refractivity contribution < 1.29 is 9.84 Å². The van der Waals surface area contributed by atoms with E-state index in [4.69, 9.17) is 4.74 Å². The van der Waals surface area contributed by atoms with Crippen LogP contribution in [0.4, 0.5) is 5.69 Å². The van der Waals surface area contributed by atoms with Gasteiger partial charge in [0, 0.05) is 0 Å². The van der Waals surface area contributed by atoms with Gasteiger partial charge in [0.25, 0.3) is 0 Å². The summed E-state index contributed by atoms with van der Waals surface area (Å²) in [6, 6.07) is 7.73. The summed E-state index contributed by atoms with van der Waals surface area (Å²) in [7, 11) is 0. The van der Waals surface area contributed by atoms with Crippen LogP contribution in [-0.4, -0.2) is 22.9 Å². The first-order valence-electron chi connectivity index (χ1n) is 6.05. The van der Waals surface area contributed by atoms with Crippen molar-refractivity contribution >= 4 is 5.69 Å². The summed E-state index contributed by atoms with van der Waals surface area (Å²) < 4.78 is 5.71. The number of benzene rings is 1. The van der Waals surface area contributed by atoms with E-state index in [2.05, 4.69) is 5.32 Å². The van der Waals surface area contributed by atoms with Crippen LogP contribution < -0.4 is 10.1 Å². The van der Waals surface area contributed by atoms with Gasteiger partial charge in [-0.1, -0.05) is 12.1 Å². The van der Waals surface area contributed by atoms with Crippen LogP contribution in [0.15, 0.2) is 24.3 Å². The van der Waals surface area contributed by atoms with Crippen LogP contribution in [0.5, 0.6) is 5.75 Å². The van der Waals surface area contributed by atoms with Crippen molar-refractivity contribution in [2.45, 2.75) is 52.4 Å². The van der Waals surface area contributed by atoms with Crippen LogP contribution >= 0.6 is 0 Å². The normalized spacial score (nSPS) is 13.6. The van der Waals surface area contributed by atoms with Crippen LogP contribution in [-0.2, 0) is 0 Å². The number of hydrogen-bond acceptors (Lipinski definition) is 3. The topological polar surface area (TPSA) is 41.5 Å². The average molecular weight is 237 g/mol. The highest BCUT2D eigenvalue weighted by molar-refractivity contribution is 5.57. The van der Waals surface area contributed by atoms with E-state index >= 15 is 0 Å². The summed E-state index contributed by atoms with van der Waals surface area (Å²) in [6.45, 7) is 9.52. The highest BCUT2D eigenvalue weighted by Gasteiger charge is 2.22. The molecule has 0 spiro atoms. The minimum atomic E-state index is -0.773. The highest BCUT2D eigenvalue weighted by atomic mass is 16.5. The molecule has 1 atom stereocenters. The van der Waals surface area contributed by atoms with Crippen LogP contribution in [0.25, 0.3) is 0 Å². The maximum Gasteiger partial charge on any atom is 0.142 e. The number of ether oxygens (including phenoxy) is 1. The summed E-state index contributed by atoms with van der Waals surface area (Å²) in [5.74, 6) is 0.818. The first kappa shape index (κ1) is 13.8. The lowest BCUT2D eigenvalue weighted by molar-refractivity contribution is 0.0648. The fourth-order valence-corrected chi connectivity index (χ4v) is 1.35. The number of rotatable bonds is 5. The van der Waals surface area contributed by atoms with Gasteiger partial charge in [0.05, 0.1) is 23.4 Å². The molecule has 1 aromatic carbocycles. The molecule has 0 aliphatic carbocycles. The van der Waals surface area contributed by atoms with Crippen LogP contribution in [0, 0.1) is 0 Å². The van der Waals surface area contributed by atoms with Crippen LogP contribution in [0.2, 0.25) is 0 Å². The maximum absolute atomic E-state index is 9.92. The molecule has 1 unspecified atom stereocenters. The van der Waals surface area contributed by atoms with Gasteiger partial charge >= 0.3 is 0 Å². The average Bonchev–Trinajstić information content (AvgIpc) is 2.18. The zero-order chi connectivity index (χ0) is 13.1. The van der Waals surface area contributed by atoms with E-state index in [-0.39, 0.29) is 12.1 Å². The Morgan fingerprint density at radius 2 is 1.76 bits per heavy atom. The summed E-state index contributed by atoms with van der Waals surface area (Å²) in [5, 5.41) is 13.2. The van der Waals surface area contributed by atoms with Gasteiger partial charge in [-0.05, 0) is 46.8 Å². The number of para-hydroxylation sites is 2. The molecule has 0 saturated carbocycles. The molecule has 0 aliphatic rings. The van der Waals surface area contributed by atoms with E-state index in [9.17, 15) is 5.11 Å². The molecule has 3 nitrogen and oxygen atoms in total. The third-order valence-corrected chi connectivity index (χ3v) is 2.68. The van der Waals surface area contributed by atoms with Crippen molar-refractivity contribution in [1.29, 1.82) is 0 Å². The Hall–Kier alpha value is -1.22. The van der Waals surface area contributed by atoms with Crippen molar-refractivity contribution in [3.63, 3.8) is 0 Å². The molecular weight excluding hydrogens is 214 g/mol. The Morgan fingerprint density at radius 1 is 1.18 bits per heavy atom. The third kappa shape index (κ3) is 4.27. The van der Waals surface area contributed by atoms with Crippen LogP contribution in [0.1, 0.15) is 34.6 Å². The molecule has 3 heteroatoms. The molecular formula is C14H23NO2. The lowest BCUT2D eigenvalue weighted by Crippen LogP contribution is -2.39. The fraction of sp³-hybridized carbons (Fsp3) is 0.571. The summed E-state index contributed by atoms with van der Waals surface area (Å²) in [4.78, 5) is 0. The summed E-state index contributed by atoms with van der Waals surface area (Å²) in [5.41, 5.74) is 0.140. The first-order chi connectivity index (χ1) is 7.80. The Kier molecular flexibility index (Phi) is 4.40. The number of nitrogens with one attached hydrogen (secondary N) is 1. The van der Waals surface area contributed by atoms with E-state index in [1.54, 1.807) is 13.8 Å². The summed E-state index contributed by atoms with van der Waals surface area (Å²) >= 11 is 0. The van der Waals surface area contributed by atoms with E-state index in [1.807, 2.05) is 45.0 Å². The zero-order valence-corrected chi connectivity index (χ0v) is 11.3. The van der Waals surface area contributed by atoms with Gasteiger partial charge in [0.15, 0.2) is 0 Å². The highest BCUT2D eigenvalue weighted by Crippen LogP contribution is 2.27. The fourth-order valence-electron chi connectivity index (χ4n) is 1.35. The van der Waals surface area contributed by atoms with E-state index in [0.717, 1.165) is 11.4 Å². The van der Waals surface area contributed by atoms with E-state index in [0.29, 0.717) is 0 Å². The molecule has 0 aliphatic heterocycles. The van der Waals surface area contributed by atoms with Gasteiger partial charge in [0.1, 0.15) is 5.75 Å². The number of aliphatic hydroxyl groups is 1. The minimum absolute atomic E-state index is 0.0561. The second kappa shape index (κ2) is 5.41. The third-order valence-electron chi connectivity index (χ3n) is 2.68. The van der Waals surface area contributed by atoms with E-state index < -0.39 is 5.60 Å². The molecule has 0 fully saturated rings. The molecule has 2 N–H and O–H groups in total. The zero-order valence-electron chi connectivity index (χ0n) is 11.3. The number of anilines is 1. The molecule has 0 bridgehead atoms. The molecule has 1 aromatic rings. The van der Waals surface area contributed by atoms with Crippen molar-refractivity contribution in [2.24, 2.45) is 0 Å². The predicted molar refractivity (Wildman–Crippen MR) is 71.6 cm³/mol. The Bertz CT molecular complexity index is 355. The first-order valence-corrected chi connectivity index (χ1v) is 6.05. The SMILES string of the molecule is CC(C)Oc1ccccc1NC(C)C(C)(C)O. The molecule has 0 radical (unpaired) electrons. The van der Waals surface area contributed by atoms with Crippen molar-refractivity contribution in [1.82, 2.24) is 0 Å². The second-order valence-electron chi connectivity index (χ2n) is 5.18. The Morgan fingerprint density at radius 3 is 2.29 bits per heavy atom. The monoisotopic (exact) mass is 237 g/mol. The Labute approximate surface area is 104 Å². The van der Waals surface area contributed by atoms with Crippen molar-refractivity contribution in [3.05, 3.63) is 24.3 Å². The molecule has 0 heterocycles. The summed E-state index contributed by atoms with van der Waals surface area (Å²) in [6.07, 6.45) is 0.135. The quantitative estimate of drug-likeness (QED) is 0.827. The molecule has 0 amide bonds. The van der Waals surface area contributed by atoms with Gasteiger partial charge in [0.2, 0.25) is 0 Å². The van der Waals surface area contributed by atoms with Crippen LogP contribution in [0.3, 0.4) is 0 Å². The minimum Gasteiger partial charge on any atom is -0.489 e. The largest absolute Gasteiger partial charge is 0.489 e. The number of hydrogen-bond donors (Lipinski definition) is 2. The maximum atomic E-state index is 9.92. The van der Waals surface area contributed by atoms with Crippen molar-refractivity contribution in [3.8, 4) is 5.75 Å². The van der Waals surface area contributed by atoms with Gasteiger partial charge in [-0.3, -0.25) is 0 Å². The van der Waals surface area contributed by atoms with Crippen molar-refractivity contribution in [2.75, 3.05) is 5.32 Å². The second-order valence-corrected chi connectivity index (χ2v) is 5.18. The van der Waals surface area contributed by atoms with Gasteiger partial charge in [-0.25, -0.2) is 0 Å². The van der Waals surface area contributed by atoms with Gasteiger partial charge < -0.3 is 15.2 Å².